The number of hydrogen-bond donors (Lipinski definition) is 1. The van der Waals surface area contributed by atoms with E-state index in [0.717, 1.165) is 15.7 Å². The van der Waals surface area contributed by atoms with Crippen LogP contribution in [0, 0.1) is 17.0 Å². The summed E-state index contributed by atoms with van der Waals surface area (Å²) in [5.74, 6) is 0.170. The first kappa shape index (κ1) is 20.3. The van der Waals surface area contributed by atoms with E-state index in [9.17, 15) is 14.9 Å². The van der Waals surface area contributed by atoms with Gasteiger partial charge in [0.25, 0.3) is 11.6 Å². The van der Waals surface area contributed by atoms with Crippen molar-refractivity contribution in [2.24, 2.45) is 5.10 Å². The van der Waals surface area contributed by atoms with E-state index in [1.54, 1.807) is 35.0 Å². The molecule has 9 heteroatoms. The molecule has 29 heavy (non-hydrogen) atoms. The summed E-state index contributed by atoms with van der Waals surface area (Å²) in [6.45, 7) is 1.78. The van der Waals surface area contributed by atoms with E-state index in [1.807, 2.05) is 25.1 Å². The smallest absolute Gasteiger partial charge is 0.277 e. The summed E-state index contributed by atoms with van der Waals surface area (Å²) >= 11 is 3.39. The molecule has 0 saturated carbocycles. The Morgan fingerprint density at radius 2 is 2.03 bits per heavy atom. The molecule has 0 atom stereocenters. The monoisotopic (exact) mass is 456 g/mol. The van der Waals surface area contributed by atoms with Crippen molar-refractivity contribution in [2.75, 3.05) is 6.61 Å². The first-order valence-electron chi connectivity index (χ1n) is 8.57. The van der Waals surface area contributed by atoms with Crippen LogP contribution in [0.25, 0.3) is 5.69 Å². The number of carbonyl (C=O) groups excluding carboxylic acids is 1. The molecule has 0 saturated heterocycles. The molecule has 1 aromatic heterocycles. The molecular weight excluding hydrogens is 440 g/mol. The van der Waals surface area contributed by atoms with Gasteiger partial charge in [0, 0.05) is 24.0 Å². The maximum atomic E-state index is 11.9. The minimum absolute atomic E-state index is 0.0172. The molecule has 0 bridgehead atoms. The van der Waals surface area contributed by atoms with Crippen LogP contribution < -0.4 is 10.2 Å². The number of hydrazone groups is 1. The quantitative estimate of drug-likeness (QED) is 0.330. The van der Waals surface area contributed by atoms with E-state index in [-0.39, 0.29) is 12.3 Å². The topological polar surface area (TPSA) is 98.8 Å². The van der Waals surface area contributed by atoms with E-state index < -0.39 is 10.8 Å². The van der Waals surface area contributed by atoms with Gasteiger partial charge in [-0.3, -0.25) is 14.9 Å². The second kappa shape index (κ2) is 9.16. The van der Waals surface area contributed by atoms with Crippen LogP contribution in [0.15, 0.2) is 70.4 Å². The van der Waals surface area contributed by atoms with E-state index >= 15 is 0 Å². The molecular formula is C20H17BrN4O4. The van der Waals surface area contributed by atoms with Gasteiger partial charge in [-0.25, -0.2) is 5.43 Å². The first-order valence-corrected chi connectivity index (χ1v) is 9.36. The van der Waals surface area contributed by atoms with Gasteiger partial charge in [-0.1, -0.05) is 6.07 Å². The Labute approximate surface area is 175 Å². The third kappa shape index (κ3) is 5.29. The summed E-state index contributed by atoms with van der Waals surface area (Å²) in [5.41, 5.74) is 4.94. The molecule has 148 valence electrons. The number of nitro groups is 1. The normalized spacial score (nSPS) is 10.8. The molecule has 3 rings (SSSR count). The summed E-state index contributed by atoms with van der Waals surface area (Å²) in [6.07, 6.45) is 3.28. The number of ether oxygens (including phenoxy) is 1. The lowest BCUT2D eigenvalue weighted by Crippen LogP contribution is -2.24. The van der Waals surface area contributed by atoms with Gasteiger partial charge in [-0.2, -0.15) is 5.10 Å². The third-order valence-electron chi connectivity index (χ3n) is 3.95. The number of benzene rings is 2. The predicted octanol–water partition coefficient (Wildman–Crippen LogP) is 3.99. The number of carbonyl (C=O) groups is 1. The standard InChI is InChI=1S/C20H17BrN4O4/c1-14-4-9-19(18(21)11-14)29-13-20(26)23-22-12-17-3-2-10-24(17)15-5-7-16(8-6-15)25(27)28/h2-12H,13H2,1H3,(H,23,26)/b22-12+. The van der Waals surface area contributed by atoms with E-state index in [0.29, 0.717) is 11.4 Å². The van der Waals surface area contributed by atoms with Crippen LogP contribution in [0.5, 0.6) is 5.75 Å². The van der Waals surface area contributed by atoms with Crippen LogP contribution in [0.4, 0.5) is 5.69 Å². The van der Waals surface area contributed by atoms with Gasteiger partial charge < -0.3 is 9.30 Å². The molecule has 1 amide bonds. The zero-order valence-corrected chi connectivity index (χ0v) is 17.0. The Morgan fingerprint density at radius 3 is 2.72 bits per heavy atom. The fourth-order valence-electron chi connectivity index (χ4n) is 2.54. The van der Waals surface area contributed by atoms with Crippen molar-refractivity contribution in [3.8, 4) is 11.4 Å². The van der Waals surface area contributed by atoms with E-state index in [2.05, 4.69) is 26.5 Å². The molecule has 0 radical (unpaired) electrons. The number of aromatic nitrogens is 1. The Kier molecular flexibility index (Phi) is 6.40. The molecule has 0 spiro atoms. The maximum Gasteiger partial charge on any atom is 0.277 e. The highest BCUT2D eigenvalue weighted by Crippen LogP contribution is 2.25. The number of hydrogen-bond acceptors (Lipinski definition) is 5. The number of nitrogens with zero attached hydrogens (tertiary/aromatic N) is 3. The second-order valence-corrected chi connectivity index (χ2v) is 6.95. The SMILES string of the molecule is Cc1ccc(OCC(=O)N/N=C/c2cccn2-c2ccc([N+](=O)[O-])cc2)c(Br)c1. The molecule has 0 fully saturated rings. The molecule has 0 aliphatic carbocycles. The lowest BCUT2D eigenvalue weighted by atomic mass is 10.2. The lowest BCUT2D eigenvalue weighted by molar-refractivity contribution is -0.384. The summed E-state index contributed by atoms with van der Waals surface area (Å²) in [7, 11) is 0. The molecule has 2 aromatic carbocycles. The molecule has 3 aromatic rings. The predicted molar refractivity (Wildman–Crippen MR) is 113 cm³/mol. The number of aryl methyl sites for hydroxylation is 1. The number of amides is 1. The summed E-state index contributed by atoms with van der Waals surface area (Å²) in [4.78, 5) is 22.3. The van der Waals surface area contributed by atoms with Gasteiger partial charge in [0.15, 0.2) is 6.61 Å². The lowest BCUT2D eigenvalue weighted by Gasteiger charge is -2.08. The van der Waals surface area contributed by atoms with Crippen molar-refractivity contribution in [2.45, 2.75) is 6.92 Å². The van der Waals surface area contributed by atoms with Gasteiger partial charge in [-0.05, 0) is 64.8 Å². The average Bonchev–Trinajstić information content (AvgIpc) is 3.16. The Bertz CT molecular complexity index is 1060. The highest BCUT2D eigenvalue weighted by molar-refractivity contribution is 9.10. The van der Waals surface area contributed by atoms with Crippen molar-refractivity contribution >= 4 is 33.7 Å². The van der Waals surface area contributed by atoms with E-state index in [4.69, 9.17) is 4.74 Å². The second-order valence-electron chi connectivity index (χ2n) is 6.09. The third-order valence-corrected chi connectivity index (χ3v) is 4.57. The highest BCUT2D eigenvalue weighted by atomic mass is 79.9. The van der Waals surface area contributed by atoms with Crippen molar-refractivity contribution in [1.29, 1.82) is 0 Å². The van der Waals surface area contributed by atoms with Crippen molar-refractivity contribution in [1.82, 2.24) is 9.99 Å². The Hall–Kier alpha value is -3.46. The van der Waals surface area contributed by atoms with Crippen LogP contribution in [-0.4, -0.2) is 28.2 Å². The van der Waals surface area contributed by atoms with Crippen molar-refractivity contribution in [3.63, 3.8) is 0 Å². The van der Waals surface area contributed by atoms with Crippen LogP contribution in [0.1, 0.15) is 11.3 Å². The molecule has 8 nitrogen and oxygen atoms in total. The fourth-order valence-corrected chi connectivity index (χ4v) is 3.15. The summed E-state index contributed by atoms with van der Waals surface area (Å²) in [5, 5.41) is 14.7. The molecule has 1 heterocycles. The molecule has 0 aliphatic rings. The average molecular weight is 457 g/mol. The van der Waals surface area contributed by atoms with Gasteiger partial charge in [0.1, 0.15) is 5.75 Å². The van der Waals surface area contributed by atoms with Crippen LogP contribution in [0.3, 0.4) is 0 Å². The zero-order valence-electron chi connectivity index (χ0n) is 15.4. The molecule has 0 aliphatic heterocycles. The minimum Gasteiger partial charge on any atom is -0.483 e. The van der Waals surface area contributed by atoms with Crippen LogP contribution >= 0.6 is 15.9 Å². The van der Waals surface area contributed by atoms with Crippen molar-refractivity contribution < 1.29 is 14.5 Å². The minimum atomic E-state index is -0.450. The molecule has 1 N–H and O–H groups in total. The van der Waals surface area contributed by atoms with Gasteiger partial charge >= 0.3 is 0 Å². The summed E-state index contributed by atoms with van der Waals surface area (Å²) in [6, 6.07) is 15.3. The number of halogens is 1. The van der Waals surface area contributed by atoms with Crippen molar-refractivity contribution in [3.05, 3.63) is 86.6 Å². The van der Waals surface area contributed by atoms with Crippen LogP contribution in [0.2, 0.25) is 0 Å². The Morgan fingerprint density at radius 1 is 1.28 bits per heavy atom. The number of nitro benzene ring substituents is 1. The first-order chi connectivity index (χ1) is 13.9. The van der Waals surface area contributed by atoms with Crippen LogP contribution in [-0.2, 0) is 4.79 Å². The molecule has 0 unspecified atom stereocenters. The number of rotatable bonds is 7. The number of nitrogens with one attached hydrogen (secondary N) is 1. The van der Waals surface area contributed by atoms with Gasteiger partial charge in [0.2, 0.25) is 0 Å². The maximum absolute atomic E-state index is 11.9. The summed E-state index contributed by atoms with van der Waals surface area (Å²) < 4.78 is 8.04. The Balaban J connectivity index is 1.59. The highest BCUT2D eigenvalue weighted by Gasteiger charge is 2.07. The van der Waals surface area contributed by atoms with Gasteiger partial charge in [-0.15, -0.1) is 0 Å². The zero-order chi connectivity index (χ0) is 20.8. The number of non-ortho nitro benzene ring substituents is 1. The fraction of sp³-hybridized carbons (Fsp3) is 0.100. The van der Waals surface area contributed by atoms with E-state index in [1.165, 1.54) is 18.3 Å². The largest absolute Gasteiger partial charge is 0.483 e. The van der Waals surface area contributed by atoms with Gasteiger partial charge in [0.05, 0.1) is 21.3 Å².